The van der Waals surface area contributed by atoms with Crippen LogP contribution in [0.15, 0.2) is 126 Å². The van der Waals surface area contributed by atoms with Gasteiger partial charge in [0.2, 0.25) is 0 Å². The highest BCUT2D eigenvalue weighted by molar-refractivity contribution is 9.10. The number of hydrogen-bond donors (Lipinski definition) is 0. The maximum absolute atomic E-state index is 3.64. The monoisotopic (exact) mass is 529 g/mol. The lowest BCUT2D eigenvalue weighted by Gasteiger charge is -2.26. The van der Waals surface area contributed by atoms with E-state index in [1.165, 1.54) is 41.7 Å². The first-order chi connectivity index (χ1) is 17.2. The molecule has 0 radical (unpaired) electrons. The predicted molar refractivity (Wildman–Crippen MR) is 157 cm³/mol. The van der Waals surface area contributed by atoms with E-state index < -0.39 is 0 Å². The molecule has 166 valence electrons. The molecule has 0 aliphatic rings. The van der Waals surface area contributed by atoms with Crippen LogP contribution in [0.1, 0.15) is 0 Å². The fraction of sp³-hybridized carbons (Fsp3) is 0. The minimum absolute atomic E-state index is 1.11. The summed E-state index contributed by atoms with van der Waals surface area (Å²) in [6.45, 7) is 0. The summed E-state index contributed by atoms with van der Waals surface area (Å²) in [7, 11) is 0. The lowest BCUT2D eigenvalue weighted by atomic mass is 10.1. The van der Waals surface area contributed by atoms with Gasteiger partial charge in [0.1, 0.15) is 0 Å². The molecule has 6 aromatic carbocycles. The summed E-state index contributed by atoms with van der Waals surface area (Å²) in [5, 5.41) is 7.58. The van der Waals surface area contributed by atoms with Crippen LogP contribution < -0.4 is 4.90 Å². The number of hydrogen-bond acceptors (Lipinski definition) is 2. The second kappa shape index (κ2) is 8.23. The minimum Gasteiger partial charge on any atom is -0.310 e. The van der Waals surface area contributed by atoms with E-state index >= 15 is 0 Å². The van der Waals surface area contributed by atoms with E-state index in [9.17, 15) is 0 Å². The van der Waals surface area contributed by atoms with E-state index in [0.29, 0.717) is 0 Å². The Morgan fingerprint density at radius 2 is 1.03 bits per heavy atom. The van der Waals surface area contributed by atoms with Crippen LogP contribution in [0.4, 0.5) is 17.1 Å². The van der Waals surface area contributed by atoms with Gasteiger partial charge < -0.3 is 4.90 Å². The highest BCUT2D eigenvalue weighted by Gasteiger charge is 2.16. The van der Waals surface area contributed by atoms with Crippen LogP contribution in [-0.2, 0) is 0 Å². The van der Waals surface area contributed by atoms with Crippen molar-refractivity contribution in [2.24, 2.45) is 0 Å². The van der Waals surface area contributed by atoms with Gasteiger partial charge in [0.25, 0.3) is 0 Å². The van der Waals surface area contributed by atoms with E-state index in [0.717, 1.165) is 21.5 Å². The van der Waals surface area contributed by atoms with E-state index in [1.807, 2.05) is 11.3 Å². The van der Waals surface area contributed by atoms with Gasteiger partial charge in [0, 0.05) is 41.7 Å². The Morgan fingerprint density at radius 1 is 0.457 bits per heavy atom. The van der Waals surface area contributed by atoms with Gasteiger partial charge in [-0.15, -0.1) is 11.3 Å². The van der Waals surface area contributed by atoms with Crippen molar-refractivity contribution in [2.45, 2.75) is 0 Å². The Balaban J connectivity index is 1.46. The van der Waals surface area contributed by atoms with Gasteiger partial charge in [-0.1, -0.05) is 82.7 Å². The van der Waals surface area contributed by atoms with Gasteiger partial charge in [-0.3, -0.25) is 0 Å². The third-order valence-electron chi connectivity index (χ3n) is 6.66. The molecule has 0 amide bonds. The lowest BCUT2D eigenvalue weighted by Crippen LogP contribution is -2.09. The molecule has 0 saturated carbocycles. The molecular formula is C32H20BrNS. The van der Waals surface area contributed by atoms with Crippen molar-refractivity contribution in [3.05, 3.63) is 126 Å². The number of thiophene rings is 1. The molecule has 1 aromatic heterocycles. The van der Waals surface area contributed by atoms with Crippen molar-refractivity contribution in [3.8, 4) is 0 Å². The third kappa shape index (κ3) is 3.59. The molecule has 0 aliphatic carbocycles. The summed E-state index contributed by atoms with van der Waals surface area (Å²) in [6, 6.07) is 44.0. The number of rotatable bonds is 3. The van der Waals surface area contributed by atoms with Crippen LogP contribution in [0.25, 0.3) is 41.7 Å². The number of nitrogens with zero attached hydrogens (tertiary/aromatic N) is 1. The summed E-state index contributed by atoms with van der Waals surface area (Å²) in [4.78, 5) is 2.37. The normalized spacial score (nSPS) is 11.6. The lowest BCUT2D eigenvalue weighted by molar-refractivity contribution is 1.30. The molecule has 7 aromatic rings. The summed E-state index contributed by atoms with van der Waals surface area (Å²) >= 11 is 5.49. The van der Waals surface area contributed by atoms with E-state index in [4.69, 9.17) is 0 Å². The average Bonchev–Trinajstić information content (AvgIpc) is 3.26. The highest BCUT2D eigenvalue weighted by atomic mass is 79.9. The van der Waals surface area contributed by atoms with E-state index in [-0.39, 0.29) is 0 Å². The molecular weight excluding hydrogens is 510 g/mol. The Labute approximate surface area is 216 Å². The standard InChI is InChI=1S/C32H20BrNS/c33-25-11-16-31-30(19-25)29-15-14-28(20-32(29)35-31)34(26-12-9-21-5-1-3-7-23(21)17-26)27-13-10-22-6-2-4-8-24(22)18-27/h1-20H. The molecule has 35 heavy (non-hydrogen) atoms. The van der Waals surface area contributed by atoms with Crippen molar-refractivity contribution >= 4 is 86.0 Å². The predicted octanol–water partition coefficient (Wildman–Crippen LogP) is 10.6. The van der Waals surface area contributed by atoms with Crippen molar-refractivity contribution in [3.63, 3.8) is 0 Å². The first kappa shape index (κ1) is 20.7. The van der Waals surface area contributed by atoms with Crippen LogP contribution in [0, 0.1) is 0 Å². The molecule has 0 saturated heterocycles. The molecule has 0 atom stereocenters. The van der Waals surface area contributed by atoms with Gasteiger partial charge in [-0.05, 0) is 76.1 Å². The molecule has 0 bridgehead atoms. The SMILES string of the molecule is Brc1ccc2sc3cc(N(c4ccc5ccccc5c4)c4ccc5ccccc5c4)ccc3c2c1. The second-order valence-corrected chi connectivity index (χ2v) is 10.8. The molecule has 7 rings (SSSR count). The molecule has 0 unspecified atom stereocenters. The Bertz CT molecular complexity index is 1810. The molecule has 3 heteroatoms. The molecule has 1 nitrogen and oxygen atoms in total. The van der Waals surface area contributed by atoms with Crippen molar-refractivity contribution in [1.29, 1.82) is 0 Å². The van der Waals surface area contributed by atoms with Gasteiger partial charge in [-0.25, -0.2) is 0 Å². The first-order valence-corrected chi connectivity index (χ1v) is 13.2. The highest BCUT2D eigenvalue weighted by Crippen LogP contribution is 2.42. The summed E-state index contributed by atoms with van der Waals surface area (Å²) in [6.07, 6.45) is 0. The topological polar surface area (TPSA) is 3.24 Å². The summed E-state index contributed by atoms with van der Waals surface area (Å²) < 4.78 is 3.72. The Hall–Kier alpha value is -3.66. The van der Waals surface area contributed by atoms with E-state index in [1.54, 1.807) is 0 Å². The fourth-order valence-corrected chi connectivity index (χ4v) is 6.44. The smallest absolute Gasteiger partial charge is 0.0476 e. The largest absolute Gasteiger partial charge is 0.310 e. The first-order valence-electron chi connectivity index (χ1n) is 11.6. The molecule has 0 fully saturated rings. The second-order valence-electron chi connectivity index (χ2n) is 8.82. The maximum atomic E-state index is 3.64. The van der Waals surface area contributed by atoms with Gasteiger partial charge in [0.05, 0.1) is 0 Å². The van der Waals surface area contributed by atoms with Gasteiger partial charge >= 0.3 is 0 Å². The number of anilines is 3. The van der Waals surface area contributed by atoms with Crippen molar-refractivity contribution < 1.29 is 0 Å². The van der Waals surface area contributed by atoms with Crippen molar-refractivity contribution in [1.82, 2.24) is 0 Å². The van der Waals surface area contributed by atoms with Crippen LogP contribution in [0.3, 0.4) is 0 Å². The number of halogens is 1. The van der Waals surface area contributed by atoms with Gasteiger partial charge in [-0.2, -0.15) is 0 Å². The van der Waals surface area contributed by atoms with Crippen LogP contribution >= 0.6 is 27.3 Å². The van der Waals surface area contributed by atoms with Crippen LogP contribution in [-0.4, -0.2) is 0 Å². The molecule has 1 heterocycles. The molecule has 0 aliphatic heterocycles. The fourth-order valence-electron chi connectivity index (χ4n) is 4.96. The Morgan fingerprint density at radius 3 is 1.69 bits per heavy atom. The number of fused-ring (bicyclic) bond motifs is 5. The average molecular weight is 530 g/mol. The van der Waals surface area contributed by atoms with E-state index in [2.05, 4.69) is 142 Å². The molecule has 0 spiro atoms. The summed E-state index contributed by atoms with van der Waals surface area (Å²) in [5.41, 5.74) is 3.47. The minimum atomic E-state index is 1.11. The Kier molecular flexibility index (Phi) is 4.86. The molecule has 0 N–H and O–H groups in total. The zero-order chi connectivity index (χ0) is 23.4. The van der Waals surface area contributed by atoms with Crippen LogP contribution in [0.5, 0.6) is 0 Å². The summed E-state index contributed by atoms with van der Waals surface area (Å²) in [5.74, 6) is 0. The maximum Gasteiger partial charge on any atom is 0.0476 e. The van der Waals surface area contributed by atoms with Crippen molar-refractivity contribution in [2.75, 3.05) is 4.90 Å². The zero-order valence-electron chi connectivity index (χ0n) is 18.8. The quantitative estimate of drug-likeness (QED) is 0.220. The zero-order valence-corrected chi connectivity index (χ0v) is 21.2. The third-order valence-corrected chi connectivity index (χ3v) is 8.28. The number of benzene rings is 6. The van der Waals surface area contributed by atoms with Gasteiger partial charge in [0.15, 0.2) is 0 Å². The van der Waals surface area contributed by atoms with Crippen LogP contribution in [0.2, 0.25) is 0 Å².